The van der Waals surface area contributed by atoms with Crippen molar-refractivity contribution in [3.8, 4) is 0 Å². The highest BCUT2D eigenvalue weighted by Gasteiger charge is 2.23. The molecule has 0 aliphatic heterocycles. The summed E-state index contributed by atoms with van der Waals surface area (Å²) in [5, 5.41) is 2.98. The summed E-state index contributed by atoms with van der Waals surface area (Å²) in [5.74, 6) is -0.829. The number of benzene rings is 2. The second-order valence-corrected chi connectivity index (χ2v) is 6.62. The van der Waals surface area contributed by atoms with Crippen molar-refractivity contribution in [3.63, 3.8) is 0 Å². The van der Waals surface area contributed by atoms with Crippen LogP contribution in [0.3, 0.4) is 0 Å². The number of halogens is 3. The molecule has 2 aromatic carbocycles. The van der Waals surface area contributed by atoms with Crippen molar-refractivity contribution >= 4 is 34.2 Å². The number of carbonyl (C=O) groups is 1. The van der Waals surface area contributed by atoms with E-state index in [-0.39, 0.29) is 36.1 Å². The molecule has 1 amide bonds. The average Bonchev–Trinajstić information content (AvgIpc) is 2.51. The Morgan fingerprint density at radius 1 is 1.12 bits per heavy atom. The van der Waals surface area contributed by atoms with Crippen LogP contribution in [-0.4, -0.2) is 11.9 Å². The summed E-state index contributed by atoms with van der Waals surface area (Å²) in [7, 11) is 0. The molecule has 0 spiro atoms. The largest absolute Gasteiger partial charge is 0.345 e. The first-order chi connectivity index (χ1) is 10.9. The molecule has 0 radical (unpaired) electrons. The second kappa shape index (κ2) is 9.16. The molecule has 6 heteroatoms. The quantitative estimate of drug-likeness (QED) is 0.769. The minimum Gasteiger partial charge on any atom is -0.345 e. The van der Waals surface area contributed by atoms with Gasteiger partial charge >= 0.3 is 0 Å². The second-order valence-electron chi connectivity index (χ2n) is 5.70. The van der Waals surface area contributed by atoms with Crippen molar-refractivity contribution in [1.82, 2.24) is 5.32 Å². The summed E-state index contributed by atoms with van der Waals surface area (Å²) in [6, 6.07) is 13.1. The van der Waals surface area contributed by atoms with Crippen LogP contribution in [0.15, 0.2) is 53.0 Å². The smallest absolute Gasteiger partial charge is 0.225 e. The van der Waals surface area contributed by atoms with E-state index in [2.05, 4.69) is 21.2 Å². The zero-order valence-corrected chi connectivity index (χ0v) is 15.9. The molecule has 3 N–H and O–H groups in total. The van der Waals surface area contributed by atoms with Gasteiger partial charge in [0.25, 0.3) is 0 Å². The van der Waals surface area contributed by atoms with Gasteiger partial charge in [0.2, 0.25) is 5.91 Å². The van der Waals surface area contributed by atoms with Crippen LogP contribution in [0.25, 0.3) is 0 Å². The first-order valence-corrected chi connectivity index (χ1v) is 8.24. The Bertz CT molecular complexity index is 651. The molecule has 2 rings (SSSR count). The summed E-state index contributed by atoms with van der Waals surface area (Å²) in [5.41, 5.74) is 7.37. The Morgan fingerprint density at radius 3 is 2.25 bits per heavy atom. The fourth-order valence-corrected chi connectivity index (χ4v) is 2.66. The summed E-state index contributed by atoms with van der Waals surface area (Å²) in [4.78, 5) is 12.4. The molecule has 0 fully saturated rings. The minimum absolute atomic E-state index is 0. The molecule has 3 atom stereocenters. The third-order valence-corrected chi connectivity index (χ3v) is 4.35. The zero-order chi connectivity index (χ0) is 17.0. The maximum atomic E-state index is 13.6. The van der Waals surface area contributed by atoms with E-state index in [1.54, 1.807) is 26.0 Å². The van der Waals surface area contributed by atoms with E-state index < -0.39 is 6.04 Å². The summed E-state index contributed by atoms with van der Waals surface area (Å²) in [6.07, 6.45) is 0. The van der Waals surface area contributed by atoms with Crippen LogP contribution in [0.4, 0.5) is 4.39 Å². The normalized spacial score (nSPS) is 14.2. The van der Waals surface area contributed by atoms with Crippen molar-refractivity contribution in [2.24, 2.45) is 11.7 Å². The third-order valence-electron chi connectivity index (χ3n) is 3.85. The van der Waals surface area contributed by atoms with Gasteiger partial charge in [-0.3, -0.25) is 4.79 Å². The molecule has 0 aromatic heterocycles. The lowest BCUT2D eigenvalue weighted by Gasteiger charge is -2.23. The standard InChI is InChI=1S/C18H20BrFN2O.ClH/c1-11(12(2)21)18(23)22-17(13-5-3-7-15(19)9-13)14-6-4-8-16(20)10-14;/h3-12,17H,21H2,1-2H3,(H,22,23);1H. The molecule has 0 saturated carbocycles. The number of hydrogen-bond donors (Lipinski definition) is 2. The molecule has 0 heterocycles. The van der Waals surface area contributed by atoms with Gasteiger partial charge in [-0.25, -0.2) is 4.39 Å². The highest BCUT2D eigenvalue weighted by atomic mass is 79.9. The fourth-order valence-electron chi connectivity index (χ4n) is 2.24. The van der Waals surface area contributed by atoms with Crippen molar-refractivity contribution in [2.75, 3.05) is 0 Å². The zero-order valence-electron chi connectivity index (χ0n) is 13.5. The van der Waals surface area contributed by atoms with Crippen molar-refractivity contribution in [2.45, 2.75) is 25.9 Å². The molecule has 3 nitrogen and oxygen atoms in total. The SMILES string of the molecule is CC(N)C(C)C(=O)NC(c1cccc(F)c1)c1cccc(Br)c1.Cl. The molecular formula is C18H21BrClFN2O. The lowest BCUT2D eigenvalue weighted by molar-refractivity contribution is -0.125. The van der Waals surface area contributed by atoms with Crippen LogP contribution in [0, 0.1) is 11.7 Å². The molecule has 130 valence electrons. The maximum Gasteiger partial charge on any atom is 0.225 e. The predicted octanol–water partition coefficient (Wildman–Crippen LogP) is 4.20. The minimum atomic E-state index is -0.433. The first-order valence-electron chi connectivity index (χ1n) is 7.45. The Kier molecular flexibility index (Phi) is 7.87. The van der Waals surface area contributed by atoms with Gasteiger partial charge in [0, 0.05) is 16.4 Å². The highest BCUT2D eigenvalue weighted by molar-refractivity contribution is 9.10. The van der Waals surface area contributed by atoms with Crippen LogP contribution in [-0.2, 0) is 4.79 Å². The van der Waals surface area contributed by atoms with E-state index in [1.807, 2.05) is 24.3 Å². The average molecular weight is 416 g/mol. The lowest BCUT2D eigenvalue weighted by atomic mass is 9.96. The Hall–Kier alpha value is -1.43. The Morgan fingerprint density at radius 2 is 1.71 bits per heavy atom. The fraction of sp³-hybridized carbons (Fsp3) is 0.278. The van der Waals surface area contributed by atoms with Gasteiger partial charge in [0.05, 0.1) is 6.04 Å². The van der Waals surface area contributed by atoms with Crippen molar-refractivity contribution in [1.29, 1.82) is 0 Å². The van der Waals surface area contributed by atoms with Crippen LogP contribution < -0.4 is 11.1 Å². The monoisotopic (exact) mass is 414 g/mol. The number of amides is 1. The number of nitrogens with two attached hydrogens (primary N) is 1. The van der Waals surface area contributed by atoms with Crippen LogP contribution in [0.5, 0.6) is 0 Å². The Balaban J connectivity index is 0.00000288. The van der Waals surface area contributed by atoms with Gasteiger partial charge in [-0.05, 0) is 42.3 Å². The maximum absolute atomic E-state index is 13.6. The van der Waals surface area contributed by atoms with Crippen molar-refractivity contribution < 1.29 is 9.18 Å². The lowest BCUT2D eigenvalue weighted by Crippen LogP contribution is -2.40. The van der Waals surface area contributed by atoms with Gasteiger partial charge in [0.1, 0.15) is 5.82 Å². The van der Waals surface area contributed by atoms with Crippen molar-refractivity contribution in [3.05, 3.63) is 69.9 Å². The van der Waals surface area contributed by atoms with E-state index in [4.69, 9.17) is 5.73 Å². The topological polar surface area (TPSA) is 55.1 Å². The van der Waals surface area contributed by atoms with Gasteiger partial charge in [-0.2, -0.15) is 0 Å². The summed E-state index contributed by atoms with van der Waals surface area (Å²) < 4.78 is 14.5. The predicted molar refractivity (Wildman–Crippen MR) is 101 cm³/mol. The summed E-state index contributed by atoms with van der Waals surface area (Å²) in [6.45, 7) is 3.57. The molecule has 0 aliphatic carbocycles. The molecule has 3 unspecified atom stereocenters. The summed E-state index contributed by atoms with van der Waals surface area (Å²) >= 11 is 3.43. The molecular weight excluding hydrogens is 395 g/mol. The molecule has 0 aliphatic rings. The van der Waals surface area contributed by atoms with Gasteiger partial charge in [-0.1, -0.05) is 47.1 Å². The highest BCUT2D eigenvalue weighted by Crippen LogP contribution is 2.25. The number of hydrogen-bond acceptors (Lipinski definition) is 2. The number of nitrogens with one attached hydrogen (secondary N) is 1. The van der Waals surface area contributed by atoms with Crippen LogP contribution >= 0.6 is 28.3 Å². The van der Waals surface area contributed by atoms with E-state index in [1.165, 1.54) is 12.1 Å². The molecule has 0 bridgehead atoms. The van der Waals surface area contributed by atoms with Gasteiger partial charge < -0.3 is 11.1 Å². The van der Waals surface area contributed by atoms with E-state index in [9.17, 15) is 9.18 Å². The van der Waals surface area contributed by atoms with E-state index in [0.29, 0.717) is 5.56 Å². The van der Waals surface area contributed by atoms with E-state index >= 15 is 0 Å². The van der Waals surface area contributed by atoms with Gasteiger partial charge in [0.15, 0.2) is 0 Å². The van der Waals surface area contributed by atoms with Crippen LogP contribution in [0.2, 0.25) is 0 Å². The first kappa shape index (κ1) is 20.6. The van der Waals surface area contributed by atoms with Crippen LogP contribution in [0.1, 0.15) is 31.0 Å². The van der Waals surface area contributed by atoms with E-state index in [0.717, 1.165) is 10.0 Å². The number of rotatable bonds is 5. The Labute approximate surface area is 156 Å². The molecule has 2 aromatic rings. The number of carbonyl (C=O) groups excluding carboxylic acids is 1. The molecule has 0 saturated heterocycles. The molecule has 24 heavy (non-hydrogen) atoms. The van der Waals surface area contributed by atoms with Gasteiger partial charge in [-0.15, -0.1) is 12.4 Å². The third kappa shape index (κ3) is 5.30.